The highest BCUT2D eigenvalue weighted by atomic mass is 35.5. The van der Waals surface area contributed by atoms with E-state index in [-0.39, 0.29) is 20.7 Å². The van der Waals surface area contributed by atoms with Crippen molar-refractivity contribution in [2.75, 3.05) is 11.9 Å². The van der Waals surface area contributed by atoms with Crippen molar-refractivity contribution in [3.05, 3.63) is 52.0 Å². The minimum Gasteiger partial charge on any atom is -0.438 e. The highest BCUT2D eigenvalue weighted by Crippen LogP contribution is 2.40. The quantitative estimate of drug-likeness (QED) is 0.685. The molecule has 0 saturated heterocycles. The van der Waals surface area contributed by atoms with Crippen LogP contribution in [0.5, 0.6) is 5.75 Å². The monoisotopic (exact) mass is 415 g/mol. The van der Waals surface area contributed by atoms with Crippen molar-refractivity contribution in [2.45, 2.75) is 24.3 Å². The van der Waals surface area contributed by atoms with Gasteiger partial charge in [0.25, 0.3) is 0 Å². The predicted molar refractivity (Wildman–Crippen MR) is 98.6 cm³/mol. The molecule has 0 radical (unpaired) electrons. The van der Waals surface area contributed by atoms with Gasteiger partial charge in [-0.1, -0.05) is 29.3 Å². The van der Waals surface area contributed by atoms with Crippen LogP contribution in [0.3, 0.4) is 0 Å². The van der Waals surface area contributed by atoms with E-state index in [1.54, 1.807) is 27.0 Å². The Morgan fingerprint density at radius 2 is 1.85 bits per heavy atom. The molecule has 9 heteroatoms. The summed E-state index contributed by atoms with van der Waals surface area (Å²) in [6.07, 6.45) is -0.491. The molecular weight excluding hydrogens is 401 g/mol. The van der Waals surface area contributed by atoms with Gasteiger partial charge in [0, 0.05) is 12.6 Å². The minimum atomic E-state index is -4.19. The number of amides is 1. The summed E-state index contributed by atoms with van der Waals surface area (Å²) < 4.78 is 35.7. The van der Waals surface area contributed by atoms with Gasteiger partial charge in [0.05, 0.1) is 15.7 Å². The largest absolute Gasteiger partial charge is 0.438 e. The fourth-order valence-corrected chi connectivity index (χ4v) is 4.29. The highest BCUT2D eigenvalue weighted by Gasteiger charge is 2.37. The molecule has 1 heterocycles. The normalized spacial score (nSPS) is 16.0. The molecule has 0 aliphatic carbocycles. The topological polar surface area (TPSA) is 72.9 Å². The molecule has 0 saturated carbocycles. The zero-order valence-corrected chi connectivity index (χ0v) is 16.4. The van der Waals surface area contributed by atoms with Crippen LogP contribution in [-0.4, -0.2) is 21.6 Å². The van der Waals surface area contributed by atoms with Gasteiger partial charge >= 0.3 is 16.2 Å². The third-order valence-electron chi connectivity index (χ3n) is 3.99. The van der Waals surface area contributed by atoms with Crippen LogP contribution < -0.4 is 9.08 Å². The number of cyclic esters (lactones) is 1. The van der Waals surface area contributed by atoms with Gasteiger partial charge in [0.2, 0.25) is 0 Å². The maximum absolute atomic E-state index is 12.6. The average Bonchev–Trinajstić information content (AvgIpc) is 2.54. The van der Waals surface area contributed by atoms with Crippen molar-refractivity contribution in [1.29, 1.82) is 0 Å². The van der Waals surface area contributed by atoms with Crippen LogP contribution in [0.25, 0.3) is 0 Å². The van der Waals surface area contributed by atoms with E-state index in [2.05, 4.69) is 0 Å². The predicted octanol–water partition coefficient (Wildman–Crippen LogP) is 4.58. The van der Waals surface area contributed by atoms with Crippen LogP contribution in [0.2, 0.25) is 10.0 Å². The van der Waals surface area contributed by atoms with E-state index in [9.17, 15) is 13.2 Å². The molecule has 1 amide bonds. The number of carbonyl (C=O) groups excluding carboxylic acids is 1. The molecule has 0 aromatic heterocycles. The van der Waals surface area contributed by atoms with Crippen molar-refractivity contribution in [1.82, 2.24) is 0 Å². The molecule has 0 atom stereocenters. The Morgan fingerprint density at radius 1 is 1.15 bits per heavy atom. The summed E-state index contributed by atoms with van der Waals surface area (Å²) in [5.41, 5.74) is 0.289. The van der Waals surface area contributed by atoms with Crippen LogP contribution in [0, 0.1) is 0 Å². The van der Waals surface area contributed by atoms with Crippen molar-refractivity contribution >= 4 is 45.1 Å². The molecule has 0 fully saturated rings. The average molecular weight is 416 g/mol. The van der Waals surface area contributed by atoms with Crippen LogP contribution in [0.4, 0.5) is 10.5 Å². The third kappa shape index (κ3) is 3.22. The lowest BCUT2D eigenvalue weighted by Crippen LogP contribution is -2.41. The molecule has 2 aromatic carbocycles. The van der Waals surface area contributed by atoms with Crippen molar-refractivity contribution in [2.24, 2.45) is 0 Å². The second kappa shape index (κ2) is 6.33. The van der Waals surface area contributed by atoms with Crippen molar-refractivity contribution < 1.29 is 22.1 Å². The molecular formula is C17H15Cl2NO5S. The Kier molecular flexibility index (Phi) is 4.58. The summed E-state index contributed by atoms with van der Waals surface area (Å²) in [5, 5.41) is -0.00225. The van der Waals surface area contributed by atoms with Crippen molar-refractivity contribution in [3.63, 3.8) is 0 Å². The van der Waals surface area contributed by atoms with Gasteiger partial charge in [-0.05, 0) is 44.2 Å². The Labute approximate surface area is 161 Å². The summed E-state index contributed by atoms with van der Waals surface area (Å²) in [6.45, 7) is 3.42. The number of ether oxygens (including phenoxy) is 1. The van der Waals surface area contributed by atoms with Gasteiger partial charge in [0.1, 0.15) is 16.2 Å². The fraction of sp³-hybridized carbons (Fsp3) is 0.235. The van der Waals surface area contributed by atoms with E-state index < -0.39 is 21.8 Å². The van der Waals surface area contributed by atoms with Gasteiger partial charge in [-0.25, -0.2) is 4.79 Å². The molecule has 138 valence electrons. The second-order valence-corrected chi connectivity index (χ2v) is 8.51. The Morgan fingerprint density at radius 3 is 2.54 bits per heavy atom. The van der Waals surface area contributed by atoms with Gasteiger partial charge < -0.3 is 8.92 Å². The van der Waals surface area contributed by atoms with E-state index in [0.29, 0.717) is 11.3 Å². The first kappa shape index (κ1) is 18.8. The molecule has 0 unspecified atom stereocenters. The van der Waals surface area contributed by atoms with E-state index >= 15 is 0 Å². The number of rotatable bonds is 3. The lowest BCUT2D eigenvalue weighted by Gasteiger charge is -2.36. The molecule has 1 aliphatic heterocycles. The zero-order chi connectivity index (χ0) is 19.3. The fourth-order valence-electron chi connectivity index (χ4n) is 2.63. The summed E-state index contributed by atoms with van der Waals surface area (Å²) >= 11 is 11.9. The molecule has 26 heavy (non-hydrogen) atoms. The van der Waals surface area contributed by atoms with E-state index in [1.165, 1.54) is 35.2 Å². The van der Waals surface area contributed by atoms with Gasteiger partial charge in [-0.2, -0.15) is 8.42 Å². The first-order valence-corrected chi connectivity index (χ1v) is 9.69. The summed E-state index contributed by atoms with van der Waals surface area (Å²) in [6, 6.07) is 8.83. The Hall–Kier alpha value is -1.96. The summed E-state index contributed by atoms with van der Waals surface area (Å²) in [7, 11) is -2.62. The van der Waals surface area contributed by atoms with Crippen LogP contribution in [0.1, 0.15) is 19.4 Å². The molecule has 2 aromatic rings. The zero-order valence-electron chi connectivity index (χ0n) is 14.1. The van der Waals surface area contributed by atoms with Crippen LogP contribution >= 0.6 is 23.2 Å². The second-order valence-electron chi connectivity index (χ2n) is 6.21. The lowest BCUT2D eigenvalue weighted by atomic mass is 9.94. The molecule has 3 rings (SSSR count). The molecule has 1 aliphatic rings. The number of nitrogens with zero attached hydrogens (tertiary/aromatic N) is 1. The number of carbonyl (C=O) groups is 1. The molecule has 6 nitrogen and oxygen atoms in total. The van der Waals surface area contributed by atoms with E-state index in [1.807, 2.05) is 0 Å². The smallest absolute Gasteiger partial charge is 0.414 e. The molecule has 0 spiro atoms. The number of hydrogen-bond donors (Lipinski definition) is 0. The standard InChI is InChI=1S/C17H15Cl2NO5S/c1-17(2)11-9-10(7-8-13(11)20(3)16(21)24-17)25-26(22,23)14-6-4-5-12(18)15(14)19/h4-9H,1-3H3. The number of hydrogen-bond acceptors (Lipinski definition) is 5. The Bertz CT molecular complexity index is 1000. The first-order valence-electron chi connectivity index (χ1n) is 7.53. The lowest BCUT2D eigenvalue weighted by molar-refractivity contribution is 0.0360. The van der Waals surface area contributed by atoms with Gasteiger partial charge in [-0.15, -0.1) is 0 Å². The number of anilines is 1. The maximum Gasteiger partial charge on any atom is 0.414 e. The van der Waals surface area contributed by atoms with Gasteiger partial charge in [0.15, 0.2) is 0 Å². The number of fused-ring (bicyclic) bond motifs is 1. The highest BCUT2D eigenvalue weighted by molar-refractivity contribution is 7.87. The van der Waals surface area contributed by atoms with E-state index in [4.69, 9.17) is 32.1 Å². The maximum atomic E-state index is 12.6. The summed E-state index contributed by atoms with van der Waals surface area (Å²) in [4.78, 5) is 13.0. The third-order valence-corrected chi connectivity index (χ3v) is 6.21. The Balaban J connectivity index is 2.02. The number of benzene rings is 2. The van der Waals surface area contributed by atoms with E-state index in [0.717, 1.165) is 0 Å². The van der Waals surface area contributed by atoms with Crippen LogP contribution in [-0.2, 0) is 20.5 Å². The minimum absolute atomic E-state index is 0.0687. The number of halogens is 2. The SMILES string of the molecule is CN1C(=O)OC(C)(C)c2cc(OS(=O)(=O)c3cccc(Cl)c3Cl)ccc21. The molecule has 0 N–H and O–H groups in total. The van der Waals surface area contributed by atoms with Crippen molar-refractivity contribution in [3.8, 4) is 5.75 Å². The first-order chi connectivity index (χ1) is 12.0. The van der Waals surface area contributed by atoms with Crippen LogP contribution in [0.15, 0.2) is 41.3 Å². The van der Waals surface area contributed by atoms with Gasteiger partial charge in [-0.3, -0.25) is 4.90 Å². The summed E-state index contributed by atoms with van der Waals surface area (Å²) in [5.74, 6) is 0.0687. The molecule has 0 bridgehead atoms.